The molecule has 1 atom stereocenters. The summed E-state index contributed by atoms with van der Waals surface area (Å²) in [6, 6.07) is 6.15. The van der Waals surface area contributed by atoms with Crippen LogP contribution in [0.5, 0.6) is 5.75 Å². The molecule has 1 fully saturated rings. The second-order valence-electron chi connectivity index (χ2n) is 4.58. The molecule has 1 saturated heterocycles. The van der Waals surface area contributed by atoms with Crippen molar-refractivity contribution in [1.29, 1.82) is 0 Å². The summed E-state index contributed by atoms with van der Waals surface area (Å²) in [5.41, 5.74) is 1.22. The zero-order valence-corrected chi connectivity index (χ0v) is 13.1. The highest BCUT2D eigenvalue weighted by Crippen LogP contribution is 2.25. The summed E-state index contributed by atoms with van der Waals surface area (Å²) >= 11 is 5.61. The van der Waals surface area contributed by atoms with Crippen LogP contribution in [0.2, 0.25) is 0 Å². The summed E-state index contributed by atoms with van der Waals surface area (Å²) in [7, 11) is 1.73. The number of benzene rings is 1. The maximum Gasteiger partial charge on any atom is 0.123 e. The number of hydrogen-bond donors (Lipinski definition) is 1. The van der Waals surface area contributed by atoms with Gasteiger partial charge in [-0.15, -0.1) is 0 Å². The largest absolute Gasteiger partial charge is 0.496 e. The minimum absolute atomic E-state index is 0.789. The van der Waals surface area contributed by atoms with Crippen LogP contribution >= 0.6 is 27.7 Å². The molecule has 0 spiro atoms. The number of rotatable bonds is 5. The number of thioether (sulfide) groups is 1. The van der Waals surface area contributed by atoms with Crippen molar-refractivity contribution in [1.82, 2.24) is 5.32 Å². The number of halogens is 1. The van der Waals surface area contributed by atoms with Crippen molar-refractivity contribution in [3.8, 4) is 5.75 Å². The molecular formula is C14H20BrNOS. The van der Waals surface area contributed by atoms with Crippen molar-refractivity contribution < 1.29 is 4.74 Å². The Balaban J connectivity index is 1.83. The molecule has 1 heterocycles. The third-order valence-corrected chi connectivity index (χ3v) is 5.10. The van der Waals surface area contributed by atoms with Gasteiger partial charge in [0.1, 0.15) is 5.75 Å². The van der Waals surface area contributed by atoms with Crippen molar-refractivity contribution in [2.45, 2.75) is 31.1 Å². The Labute approximate surface area is 122 Å². The molecule has 0 aromatic heterocycles. The van der Waals surface area contributed by atoms with Crippen molar-refractivity contribution in [2.75, 3.05) is 19.4 Å². The second-order valence-corrected chi connectivity index (χ2v) is 6.90. The van der Waals surface area contributed by atoms with Crippen LogP contribution in [0.1, 0.15) is 24.8 Å². The Morgan fingerprint density at radius 3 is 3.06 bits per heavy atom. The summed E-state index contributed by atoms with van der Waals surface area (Å²) in [6.07, 6.45) is 4.13. The summed E-state index contributed by atoms with van der Waals surface area (Å²) in [6.45, 7) is 1.97. The third kappa shape index (κ3) is 4.18. The van der Waals surface area contributed by atoms with Gasteiger partial charge in [-0.2, -0.15) is 11.8 Å². The van der Waals surface area contributed by atoms with Crippen LogP contribution in [0.15, 0.2) is 22.7 Å². The third-order valence-electron chi connectivity index (χ3n) is 3.20. The molecule has 1 aromatic rings. The van der Waals surface area contributed by atoms with Gasteiger partial charge >= 0.3 is 0 Å². The topological polar surface area (TPSA) is 21.3 Å². The first-order chi connectivity index (χ1) is 8.79. The van der Waals surface area contributed by atoms with Crippen LogP contribution in [-0.4, -0.2) is 24.7 Å². The smallest absolute Gasteiger partial charge is 0.123 e. The van der Waals surface area contributed by atoms with Crippen LogP contribution < -0.4 is 10.1 Å². The maximum absolute atomic E-state index is 5.38. The fourth-order valence-corrected chi connectivity index (χ4v) is 3.90. The quantitative estimate of drug-likeness (QED) is 0.886. The molecule has 18 heavy (non-hydrogen) atoms. The zero-order valence-electron chi connectivity index (χ0n) is 10.7. The van der Waals surface area contributed by atoms with Crippen LogP contribution in [-0.2, 0) is 6.54 Å². The molecule has 100 valence electrons. The van der Waals surface area contributed by atoms with Gasteiger partial charge in [0, 0.05) is 28.4 Å². The lowest BCUT2D eigenvalue weighted by molar-refractivity contribution is 0.407. The van der Waals surface area contributed by atoms with Crippen molar-refractivity contribution in [3.63, 3.8) is 0 Å². The number of methoxy groups -OCH3 is 1. The average Bonchev–Trinajstić information content (AvgIpc) is 2.40. The van der Waals surface area contributed by atoms with E-state index in [0.717, 1.165) is 28.6 Å². The first-order valence-corrected chi connectivity index (χ1v) is 8.28. The van der Waals surface area contributed by atoms with E-state index in [1.54, 1.807) is 7.11 Å². The van der Waals surface area contributed by atoms with Gasteiger partial charge in [0.05, 0.1) is 7.11 Å². The molecule has 2 nitrogen and oxygen atoms in total. The molecule has 1 aromatic carbocycles. The SMILES string of the molecule is COc1ccc(Br)cc1CNCC1CCCCS1. The summed E-state index contributed by atoms with van der Waals surface area (Å²) in [4.78, 5) is 0. The molecule has 0 saturated carbocycles. The maximum atomic E-state index is 5.38. The molecule has 1 aliphatic heterocycles. The van der Waals surface area contributed by atoms with Gasteiger partial charge in [0.25, 0.3) is 0 Å². The van der Waals surface area contributed by atoms with Crippen LogP contribution in [0.25, 0.3) is 0 Å². The molecule has 0 radical (unpaired) electrons. The fraction of sp³-hybridized carbons (Fsp3) is 0.571. The minimum atomic E-state index is 0.789. The molecule has 0 bridgehead atoms. The molecule has 1 N–H and O–H groups in total. The number of nitrogens with one attached hydrogen (secondary N) is 1. The molecule has 2 rings (SSSR count). The Hall–Kier alpha value is -0.190. The van der Waals surface area contributed by atoms with Gasteiger partial charge in [-0.3, -0.25) is 0 Å². The Morgan fingerprint density at radius 1 is 1.44 bits per heavy atom. The standard InChI is InChI=1S/C14H20BrNOS/c1-17-14-6-5-12(15)8-11(14)9-16-10-13-4-2-3-7-18-13/h5-6,8,13,16H,2-4,7,9-10H2,1H3. The minimum Gasteiger partial charge on any atom is -0.496 e. The van der Waals surface area contributed by atoms with Gasteiger partial charge < -0.3 is 10.1 Å². The number of ether oxygens (including phenoxy) is 1. The summed E-state index contributed by atoms with van der Waals surface area (Å²) in [5, 5.41) is 4.34. The van der Waals surface area contributed by atoms with E-state index in [4.69, 9.17) is 4.74 Å². The first-order valence-electron chi connectivity index (χ1n) is 6.44. The van der Waals surface area contributed by atoms with E-state index in [0.29, 0.717) is 0 Å². The van der Waals surface area contributed by atoms with Crippen LogP contribution in [0.4, 0.5) is 0 Å². The van der Waals surface area contributed by atoms with E-state index in [9.17, 15) is 0 Å². The average molecular weight is 330 g/mol. The van der Waals surface area contributed by atoms with Gasteiger partial charge in [-0.05, 0) is 36.8 Å². The lowest BCUT2D eigenvalue weighted by Gasteiger charge is -2.21. The lowest BCUT2D eigenvalue weighted by Crippen LogP contribution is -2.26. The summed E-state index contributed by atoms with van der Waals surface area (Å²) < 4.78 is 6.48. The van der Waals surface area contributed by atoms with Crippen molar-refractivity contribution >= 4 is 27.7 Å². The summed E-state index contributed by atoms with van der Waals surface area (Å²) in [5.74, 6) is 2.29. The monoisotopic (exact) mass is 329 g/mol. The molecule has 4 heteroatoms. The van der Waals surface area contributed by atoms with E-state index >= 15 is 0 Å². The molecule has 1 unspecified atom stereocenters. The first kappa shape index (κ1) is 14.2. The fourth-order valence-electron chi connectivity index (χ4n) is 2.22. The van der Waals surface area contributed by atoms with Gasteiger partial charge in [0.15, 0.2) is 0 Å². The van der Waals surface area contributed by atoms with E-state index < -0.39 is 0 Å². The van der Waals surface area contributed by atoms with E-state index in [1.165, 1.54) is 30.6 Å². The molecular weight excluding hydrogens is 310 g/mol. The van der Waals surface area contributed by atoms with E-state index in [1.807, 2.05) is 12.1 Å². The van der Waals surface area contributed by atoms with E-state index in [2.05, 4.69) is 39.1 Å². The normalized spacial score (nSPS) is 19.8. The highest BCUT2D eigenvalue weighted by Gasteiger charge is 2.13. The highest BCUT2D eigenvalue weighted by atomic mass is 79.9. The lowest BCUT2D eigenvalue weighted by atomic mass is 10.1. The van der Waals surface area contributed by atoms with Gasteiger partial charge in [0.2, 0.25) is 0 Å². The Kier molecular flexibility index (Phi) is 5.86. The second kappa shape index (κ2) is 7.41. The van der Waals surface area contributed by atoms with Gasteiger partial charge in [-0.1, -0.05) is 22.4 Å². The van der Waals surface area contributed by atoms with Crippen molar-refractivity contribution in [2.24, 2.45) is 0 Å². The molecule has 0 amide bonds. The molecule has 1 aliphatic rings. The Bertz CT molecular complexity index is 380. The predicted molar refractivity (Wildman–Crippen MR) is 82.5 cm³/mol. The highest BCUT2D eigenvalue weighted by molar-refractivity contribution is 9.10. The van der Waals surface area contributed by atoms with Gasteiger partial charge in [-0.25, -0.2) is 0 Å². The van der Waals surface area contributed by atoms with Crippen LogP contribution in [0.3, 0.4) is 0 Å². The molecule has 0 aliphatic carbocycles. The van der Waals surface area contributed by atoms with E-state index in [-0.39, 0.29) is 0 Å². The van der Waals surface area contributed by atoms with Crippen LogP contribution in [0, 0.1) is 0 Å². The van der Waals surface area contributed by atoms with Crippen molar-refractivity contribution in [3.05, 3.63) is 28.2 Å². The zero-order chi connectivity index (χ0) is 12.8. The Morgan fingerprint density at radius 2 is 2.33 bits per heavy atom. The number of hydrogen-bond acceptors (Lipinski definition) is 3. The predicted octanol–water partition coefficient (Wildman–Crippen LogP) is 3.83.